The van der Waals surface area contributed by atoms with Crippen molar-refractivity contribution in [2.75, 3.05) is 66.8 Å². The molecule has 0 bridgehead atoms. The van der Waals surface area contributed by atoms with Crippen LogP contribution in [0.3, 0.4) is 0 Å². The van der Waals surface area contributed by atoms with Crippen LogP contribution >= 0.6 is 0 Å². The van der Waals surface area contributed by atoms with Crippen molar-refractivity contribution in [3.63, 3.8) is 0 Å². The van der Waals surface area contributed by atoms with Gasteiger partial charge in [0, 0.05) is 39.8 Å². The molecule has 0 aliphatic carbocycles. The molecule has 1 fully saturated rings. The summed E-state index contributed by atoms with van der Waals surface area (Å²) >= 11 is 0. The fourth-order valence-corrected chi connectivity index (χ4v) is 3.25. The second kappa shape index (κ2) is 13.4. The molecule has 2 rings (SSSR count). The predicted molar refractivity (Wildman–Crippen MR) is 118 cm³/mol. The van der Waals surface area contributed by atoms with E-state index in [4.69, 9.17) is 14.2 Å². The van der Waals surface area contributed by atoms with Gasteiger partial charge >= 0.3 is 0 Å². The quantitative estimate of drug-likeness (QED) is 0.334. The van der Waals surface area contributed by atoms with Gasteiger partial charge in [0.15, 0.2) is 5.96 Å². The van der Waals surface area contributed by atoms with Crippen LogP contribution in [0, 0.1) is 5.92 Å². The number of ether oxygens (including phenoxy) is 3. The highest BCUT2D eigenvalue weighted by atomic mass is 16.5. The molecule has 7 heteroatoms. The summed E-state index contributed by atoms with van der Waals surface area (Å²) < 4.78 is 16.5. The van der Waals surface area contributed by atoms with E-state index in [1.54, 1.807) is 14.2 Å². The SMILES string of the molecule is CN=C(NCCOCCC(C)C)NCC(c1ccc(OC)cc1)N1CCOCC1. The lowest BCUT2D eigenvalue weighted by Crippen LogP contribution is -2.46. The molecule has 0 saturated carbocycles. The van der Waals surface area contributed by atoms with Crippen molar-refractivity contribution in [2.24, 2.45) is 10.9 Å². The third-order valence-electron chi connectivity index (χ3n) is 5.05. The summed E-state index contributed by atoms with van der Waals surface area (Å²) in [6, 6.07) is 8.55. The van der Waals surface area contributed by atoms with E-state index in [0.29, 0.717) is 12.5 Å². The molecule has 29 heavy (non-hydrogen) atoms. The van der Waals surface area contributed by atoms with Crippen LogP contribution < -0.4 is 15.4 Å². The molecule has 0 amide bonds. The fourth-order valence-electron chi connectivity index (χ4n) is 3.25. The number of rotatable bonds is 11. The van der Waals surface area contributed by atoms with Gasteiger partial charge in [-0.2, -0.15) is 0 Å². The second-order valence-electron chi connectivity index (χ2n) is 7.61. The van der Waals surface area contributed by atoms with Crippen LogP contribution in [0.25, 0.3) is 0 Å². The van der Waals surface area contributed by atoms with Crippen LogP contribution in [0.15, 0.2) is 29.3 Å². The lowest BCUT2D eigenvalue weighted by molar-refractivity contribution is 0.0170. The number of morpholine rings is 1. The minimum Gasteiger partial charge on any atom is -0.497 e. The maximum absolute atomic E-state index is 5.67. The minimum absolute atomic E-state index is 0.241. The first kappa shape index (κ1) is 23.4. The number of nitrogens with one attached hydrogen (secondary N) is 2. The predicted octanol–water partition coefficient (Wildman–Crippen LogP) is 2.30. The van der Waals surface area contributed by atoms with Gasteiger partial charge in [0.2, 0.25) is 0 Å². The van der Waals surface area contributed by atoms with Gasteiger partial charge in [-0.05, 0) is 30.0 Å². The molecule has 1 heterocycles. The lowest BCUT2D eigenvalue weighted by atomic mass is 10.0. The molecule has 0 spiro atoms. The third-order valence-corrected chi connectivity index (χ3v) is 5.05. The topological polar surface area (TPSA) is 67.4 Å². The zero-order valence-electron chi connectivity index (χ0n) is 18.4. The average molecular weight is 407 g/mol. The van der Waals surface area contributed by atoms with Crippen molar-refractivity contribution >= 4 is 5.96 Å². The number of methoxy groups -OCH3 is 1. The summed E-state index contributed by atoms with van der Waals surface area (Å²) in [5, 5.41) is 6.81. The highest BCUT2D eigenvalue weighted by molar-refractivity contribution is 5.79. The Hall–Kier alpha value is -1.83. The molecule has 1 aliphatic rings. The van der Waals surface area contributed by atoms with Gasteiger partial charge in [-0.25, -0.2) is 0 Å². The maximum Gasteiger partial charge on any atom is 0.191 e. The van der Waals surface area contributed by atoms with E-state index < -0.39 is 0 Å². The van der Waals surface area contributed by atoms with E-state index in [9.17, 15) is 0 Å². The van der Waals surface area contributed by atoms with Crippen LogP contribution in [0.1, 0.15) is 31.9 Å². The summed E-state index contributed by atoms with van der Waals surface area (Å²) in [4.78, 5) is 6.81. The highest BCUT2D eigenvalue weighted by Crippen LogP contribution is 2.23. The van der Waals surface area contributed by atoms with E-state index in [2.05, 4.69) is 46.5 Å². The Kier molecular flexibility index (Phi) is 10.8. The van der Waals surface area contributed by atoms with Gasteiger partial charge in [0.25, 0.3) is 0 Å². The normalized spacial score (nSPS) is 16.7. The first-order chi connectivity index (χ1) is 14.1. The summed E-state index contributed by atoms with van der Waals surface area (Å²) in [6.45, 7) is 10.8. The molecule has 1 aromatic rings. The Bertz CT molecular complexity index is 586. The first-order valence-electron chi connectivity index (χ1n) is 10.6. The van der Waals surface area contributed by atoms with Crippen molar-refractivity contribution in [2.45, 2.75) is 26.3 Å². The van der Waals surface area contributed by atoms with Gasteiger partial charge in [-0.1, -0.05) is 26.0 Å². The largest absolute Gasteiger partial charge is 0.497 e. The first-order valence-corrected chi connectivity index (χ1v) is 10.6. The Balaban J connectivity index is 1.86. The third kappa shape index (κ3) is 8.60. The molecule has 1 atom stereocenters. The molecule has 7 nitrogen and oxygen atoms in total. The van der Waals surface area contributed by atoms with Gasteiger partial charge in [0.1, 0.15) is 5.75 Å². The molecule has 2 N–H and O–H groups in total. The molecule has 164 valence electrons. The minimum atomic E-state index is 0.241. The Morgan fingerprint density at radius 3 is 2.48 bits per heavy atom. The van der Waals surface area contributed by atoms with Crippen LogP contribution in [0.5, 0.6) is 5.75 Å². The number of hydrogen-bond donors (Lipinski definition) is 2. The Morgan fingerprint density at radius 1 is 1.14 bits per heavy atom. The maximum atomic E-state index is 5.67. The summed E-state index contributed by atoms with van der Waals surface area (Å²) in [5.74, 6) is 2.34. The van der Waals surface area contributed by atoms with Gasteiger partial charge < -0.3 is 24.8 Å². The van der Waals surface area contributed by atoms with Gasteiger partial charge in [0.05, 0.1) is 33.0 Å². The molecule has 1 unspecified atom stereocenters. The van der Waals surface area contributed by atoms with Crippen LogP contribution in [0.4, 0.5) is 0 Å². The van der Waals surface area contributed by atoms with Crippen molar-refractivity contribution in [3.05, 3.63) is 29.8 Å². The van der Waals surface area contributed by atoms with Crippen LogP contribution in [-0.2, 0) is 9.47 Å². The fraction of sp³-hybridized carbons (Fsp3) is 0.682. The van der Waals surface area contributed by atoms with E-state index in [0.717, 1.165) is 64.1 Å². The molecule has 1 aromatic carbocycles. The molecular weight excluding hydrogens is 368 g/mol. The van der Waals surface area contributed by atoms with Gasteiger partial charge in [-0.15, -0.1) is 0 Å². The van der Waals surface area contributed by atoms with E-state index in [-0.39, 0.29) is 6.04 Å². The molecule has 1 saturated heterocycles. The average Bonchev–Trinajstić information content (AvgIpc) is 2.75. The summed E-state index contributed by atoms with van der Waals surface area (Å²) in [5.41, 5.74) is 1.26. The zero-order chi connectivity index (χ0) is 20.9. The lowest BCUT2D eigenvalue weighted by Gasteiger charge is -2.35. The Labute approximate surface area is 175 Å². The summed E-state index contributed by atoms with van der Waals surface area (Å²) in [6.07, 6.45) is 1.09. The number of aliphatic imine (C=N–C) groups is 1. The van der Waals surface area contributed by atoms with Crippen molar-refractivity contribution < 1.29 is 14.2 Å². The van der Waals surface area contributed by atoms with E-state index in [1.165, 1.54) is 5.56 Å². The number of nitrogens with zero attached hydrogens (tertiary/aromatic N) is 2. The van der Waals surface area contributed by atoms with Crippen LogP contribution in [-0.4, -0.2) is 77.6 Å². The number of guanidine groups is 1. The van der Waals surface area contributed by atoms with Gasteiger partial charge in [-0.3, -0.25) is 9.89 Å². The Morgan fingerprint density at radius 2 is 1.86 bits per heavy atom. The monoisotopic (exact) mass is 406 g/mol. The van der Waals surface area contributed by atoms with Crippen molar-refractivity contribution in [3.8, 4) is 5.75 Å². The second-order valence-corrected chi connectivity index (χ2v) is 7.61. The number of hydrogen-bond acceptors (Lipinski definition) is 5. The summed E-state index contributed by atoms with van der Waals surface area (Å²) in [7, 11) is 3.49. The van der Waals surface area contributed by atoms with E-state index in [1.807, 2.05) is 12.1 Å². The molecule has 0 radical (unpaired) electrons. The molecule has 1 aliphatic heterocycles. The van der Waals surface area contributed by atoms with Crippen molar-refractivity contribution in [1.29, 1.82) is 0 Å². The molecular formula is C22H38N4O3. The van der Waals surface area contributed by atoms with Crippen molar-refractivity contribution in [1.82, 2.24) is 15.5 Å². The standard InChI is InChI=1S/C22H38N4O3/c1-18(2)9-13-28-14-10-24-22(23-3)25-17-21(26-11-15-29-16-12-26)19-5-7-20(27-4)8-6-19/h5-8,18,21H,9-17H2,1-4H3,(H2,23,24,25). The molecule has 0 aromatic heterocycles. The highest BCUT2D eigenvalue weighted by Gasteiger charge is 2.23. The van der Waals surface area contributed by atoms with E-state index >= 15 is 0 Å². The van der Waals surface area contributed by atoms with Crippen LogP contribution in [0.2, 0.25) is 0 Å². The smallest absolute Gasteiger partial charge is 0.191 e. The zero-order valence-corrected chi connectivity index (χ0v) is 18.4. The number of benzene rings is 1.